The van der Waals surface area contributed by atoms with Gasteiger partial charge in [0.25, 0.3) is 5.91 Å². The number of carbonyl (C=O) groups excluding carboxylic acids is 2. The fourth-order valence-electron chi connectivity index (χ4n) is 3.38. The Kier molecular flexibility index (Phi) is 7.37. The summed E-state index contributed by atoms with van der Waals surface area (Å²) in [4.78, 5) is 45.2. The number of amides is 1. The minimum Gasteiger partial charge on any atom is -0.497 e. The van der Waals surface area contributed by atoms with Crippen LogP contribution >= 0.6 is 0 Å². The van der Waals surface area contributed by atoms with E-state index >= 15 is 0 Å². The molecule has 0 spiro atoms. The number of hydrazine groups is 1. The Morgan fingerprint density at radius 2 is 1.91 bits per heavy atom. The molecule has 1 aliphatic heterocycles. The van der Waals surface area contributed by atoms with E-state index in [1.807, 2.05) is 0 Å². The lowest BCUT2D eigenvalue weighted by Crippen LogP contribution is -2.38. The standard InChI is InChI=1S/C20H24N6O6/c1-3-32-20(28)14-8-10-25(11-9-14)18-16(26(29)30)17(21-12-22-18)23-24-19(27)13-4-6-15(31-2)7-5-13/h4-7,12,14H,3,8-11H2,1-2H3,(H,24,27)(H,21,22,23). The van der Waals surface area contributed by atoms with Gasteiger partial charge in [-0.05, 0) is 44.0 Å². The van der Waals surface area contributed by atoms with Gasteiger partial charge < -0.3 is 14.4 Å². The molecular weight excluding hydrogens is 420 g/mol. The first-order chi connectivity index (χ1) is 15.4. The summed E-state index contributed by atoms with van der Waals surface area (Å²) in [5, 5.41) is 11.8. The minimum absolute atomic E-state index is 0.119. The van der Waals surface area contributed by atoms with Crippen LogP contribution in [0.15, 0.2) is 30.6 Å². The monoisotopic (exact) mass is 444 g/mol. The predicted molar refractivity (Wildman–Crippen MR) is 114 cm³/mol. The number of hydrogen-bond donors (Lipinski definition) is 2. The van der Waals surface area contributed by atoms with Gasteiger partial charge in [0, 0.05) is 18.7 Å². The van der Waals surface area contributed by atoms with Crippen molar-refractivity contribution in [3.63, 3.8) is 0 Å². The van der Waals surface area contributed by atoms with E-state index in [0.717, 1.165) is 0 Å². The van der Waals surface area contributed by atoms with Crippen molar-refractivity contribution in [3.05, 3.63) is 46.3 Å². The van der Waals surface area contributed by atoms with Gasteiger partial charge in [-0.2, -0.15) is 0 Å². The highest BCUT2D eigenvalue weighted by Crippen LogP contribution is 2.34. The van der Waals surface area contributed by atoms with Crippen LogP contribution in [-0.2, 0) is 9.53 Å². The lowest BCUT2D eigenvalue weighted by atomic mass is 9.97. The van der Waals surface area contributed by atoms with Crippen LogP contribution in [0.1, 0.15) is 30.1 Å². The second-order valence-electron chi connectivity index (χ2n) is 6.97. The predicted octanol–water partition coefficient (Wildman–Crippen LogP) is 1.93. The number of rotatable bonds is 8. The fraction of sp³-hybridized carbons (Fsp3) is 0.400. The maximum Gasteiger partial charge on any atom is 0.355 e. The minimum atomic E-state index is -0.603. The zero-order valence-corrected chi connectivity index (χ0v) is 17.7. The summed E-state index contributed by atoms with van der Waals surface area (Å²) < 4.78 is 10.1. The third-order valence-electron chi connectivity index (χ3n) is 5.05. The van der Waals surface area contributed by atoms with Gasteiger partial charge in [-0.1, -0.05) is 0 Å². The van der Waals surface area contributed by atoms with Crippen molar-refractivity contribution in [1.82, 2.24) is 15.4 Å². The molecule has 0 unspecified atom stereocenters. The van der Waals surface area contributed by atoms with Crippen LogP contribution in [0.25, 0.3) is 0 Å². The third-order valence-corrected chi connectivity index (χ3v) is 5.05. The first kappa shape index (κ1) is 22.7. The quantitative estimate of drug-likeness (QED) is 0.351. The Morgan fingerprint density at radius 3 is 2.50 bits per heavy atom. The van der Waals surface area contributed by atoms with Crippen LogP contribution < -0.4 is 20.5 Å². The number of carbonyl (C=O) groups is 2. The number of anilines is 2. The molecule has 1 fully saturated rings. The molecule has 2 N–H and O–H groups in total. The number of methoxy groups -OCH3 is 1. The summed E-state index contributed by atoms with van der Waals surface area (Å²) in [6, 6.07) is 6.37. The van der Waals surface area contributed by atoms with Gasteiger partial charge in [0.1, 0.15) is 12.1 Å². The molecule has 0 saturated carbocycles. The van der Waals surface area contributed by atoms with Crippen LogP contribution in [0.2, 0.25) is 0 Å². The van der Waals surface area contributed by atoms with Gasteiger partial charge in [0.05, 0.1) is 24.6 Å². The molecule has 1 aliphatic rings. The van der Waals surface area contributed by atoms with Gasteiger partial charge in [-0.15, -0.1) is 0 Å². The largest absolute Gasteiger partial charge is 0.497 e. The number of esters is 1. The molecule has 0 radical (unpaired) electrons. The summed E-state index contributed by atoms with van der Waals surface area (Å²) >= 11 is 0. The van der Waals surface area contributed by atoms with Crippen LogP contribution in [0.5, 0.6) is 5.75 Å². The van der Waals surface area contributed by atoms with E-state index in [1.165, 1.54) is 13.4 Å². The van der Waals surface area contributed by atoms with Gasteiger partial charge in [0.15, 0.2) is 0 Å². The van der Waals surface area contributed by atoms with E-state index in [-0.39, 0.29) is 29.2 Å². The van der Waals surface area contributed by atoms with E-state index < -0.39 is 10.8 Å². The van der Waals surface area contributed by atoms with Gasteiger partial charge in [0.2, 0.25) is 11.6 Å². The molecule has 3 rings (SSSR count). The van der Waals surface area contributed by atoms with E-state index in [2.05, 4.69) is 20.8 Å². The summed E-state index contributed by atoms with van der Waals surface area (Å²) in [6.07, 6.45) is 2.18. The smallest absolute Gasteiger partial charge is 0.355 e. The van der Waals surface area contributed by atoms with E-state index in [9.17, 15) is 19.7 Å². The Morgan fingerprint density at radius 1 is 1.22 bits per heavy atom. The summed E-state index contributed by atoms with van der Waals surface area (Å²) in [7, 11) is 1.52. The Bertz CT molecular complexity index is 975. The average Bonchev–Trinajstić information content (AvgIpc) is 2.82. The van der Waals surface area contributed by atoms with Crippen molar-refractivity contribution in [2.75, 3.05) is 37.1 Å². The normalized spacial score (nSPS) is 13.9. The summed E-state index contributed by atoms with van der Waals surface area (Å²) in [6.45, 7) is 2.87. The molecule has 0 aliphatic carbocycles. The number of ether oxygens (including phenoxy) is 2. The van der Waals surface area contributed by atoms with Crippen LogP contribution in [-0.4, -0.2) is 53.6 Å². The molecule has 170 valence electrons. The summed E-state index contributed by atoms with van der Waals surface area (Å²) in [5.41, 5.74) is 4.90. The van der Waals surface area contributed by atoms with E-state index in [0.29, 0.717) is 43.9 Å². The molecule has 32 heavy (non-hydrogen) atoms. The maximum absolute atomic E-state index is 12.4. The van der Waals surface area contributed by atoms with Crippen molar-refractivity contribution in [1.29, 1.82) is 0 Å². The molecule has 1 aromatic carbocycles. The number of piperidine rings is 1. The van der Waals surface area contributed by atoms with E-state index in [4.69, 9.17) is 9.47 Å². The lowest BCUT2D eigenvalue weighted by molar-refractivity contribution is -0.383. The highest BCUT2D eigenvalue weighted by molar-refractivity contribution is 5.95. The molecule has 2 aromatic rings. The molecule has 0 atom stereocenters. The Balaban J connectivity index is 1.71. The number of benzene rings is 1. The Hall–Kier alpha value is -3.96. The molecule has 0 bridgehead atoms. The highest BCUT2D eigenvalue weighted by Gasteiger charge is 2.32. The average molecular weight is 444 g/mol. The first-order valence-corrected chi connectivity index (χ1v) is 10.1. The van der Waals surface area contributed by atoms with Crippen molar-refractivity contribution in [3.8, 4) is 5.75 Å². The SMILES string of the molecule is CCOC(=O)C1CCN(c2ncnc(NNC(=O)c3ccc(OC)cc3)c2[N+](=O)[O-])CC1. The molecule has 2 heterocycles. The molecule has 12 heteroatoms. The maximum atomic E-state index is 12.4. The molecule has 12 nitrogen and oxygen atoms in total. The summed E-state index contributed by atoms with van der Waals surface area (Å²) in [5.74, 6) is -0.432. The number of nitrogens with zero attached hydrogens (tertiary/aromatic N) is 4. The number of nitrogens with one attached hydrogen (secondary N) is 2. The number of hydrogen-bond acceptors (Lipinski definition) is 10. The molecule has 1 saturated heterocycles. The van der Waals surface area contributed by atoms with Crippen molar-refractivity contribution in [2.24, 2.45) is 5.92 Å². The van der Waals surface area contributed by atoms with Crippen LogP contribution in [0, 0.1) is 16.0 Å². The lowest BCUT2D eigenvalue weighted by Gasteiger charge is -2.31. The van der Waals surface area contributed by atoms with Gasteiger partial charge in [-0.25, -0.2) is 9.97 Å². The second kappa shape index (κ2) is 10.4. The second-order valence-corrected chi connectivity index (χ2v) is 6.97. The molecular formula is C20H24N6O6. The highest BCUT2D eigenvalue weighted by atomic mass is 16.6. The number of aromatic nitrogens is 2. The topological polar surface area (TPSA) is 149 Å². The van der Waals surface area contributed by atoms with Crippen molar-refractivity contribution >= 4 is 29.2 Å². The van der Waals surface area contributed by atoms with Gasteiger partial charge >= 0.3 is 11.7 Å². The van der Waals surface area contributed by atoms with Crippen LogP contribution in [0.4, 0.5) is 17.3 Å². The fourth-order valence-corrected chi connectivity index (χ4v) is 3.38. The van der Waals surface area contributed by atoms with Crippen molar-refractivity contribution in [2.45, 2.75) is 19.8 Å². The first-order valence-electron chi connectivity index (χ1n) is 10.1. The van der Waals surface area contributed by atoms with Crippen LogP contribution in [0.3, 0.4) is 0 Å². The third kappa shape index (κ3) is 5.20. The number of nitro groups is 1. The Labute approximate surface area is 184 Å². The zero-order valence-electron chi connectivity index (χ0n) is 17.7. The zero-order chi connectivity index (χ0) is 23.1. The van der Waals surface area contributed by atoms with Gasteiger partial charge in [-0.3, -0.25) is 30.6 Å². The molecule has 1 aromatic heterocycles. The van der Waals surface area contributed by atoms with Crippen molar-refractivity contribution < 1.29 is 24.0 Å². The molecule has 1 amide bonds. The van der Waals surface area contributed by atoms with E-state index in [1.54, 1.807) is 36.1 Å².